The van der Waals surface area contributed by atoms with Crippen LogP contribution in [0.3, 0.4) is 0 Å². The second kappa shape index (κ2) is 8.59. The lowest BCUT2D eigenvalue weighted by Gasteiger charge is -2.41. The lowest BCUT2D eigenvalue weighted by atomic mass is 10.1. The van der Waals surface area contributed by atoms with E-state index in [1.54, 1.807) is 12.3 Å². The highest BCUT2D eigenvalue weighted by molar-refractivity contribution is 5.84. The van der Waals surface area contributed by atoms with Gasteiger partial charge in [-0.25, -0.2) is 9.37 Å². The normalized spacial score (nSPS) is 20.4. The number of ether oxygens (including phenoxy) is 1. The number of aromatic nitrogens is 2. The minimum atomic E-state index is -0.329. The van der Waals surface area contributed by atoms with Crippen molar-refractivity contribution in [3.63, 3.8) is 0 Å². The van der Waals surface area contributed by atoms with Gasteiger partial charge in [-0.1, -0.05) is 18.2 Å². The molecule has 1 aromatic carbocycles. The molecule has 2 atom stereocenters. The molecule has 2 fully saturated rings. The van der Waals surface area contributed by atoms with Gasteiger partial charge in [0.1, 0.15) is 11.6 Å². The predicted molar refractivity (Wildman–Crippen MR) is 116 cm³/mol. The van der Waals surface area contributed by atoms with E-state index in [-0.39, 0.29) is 23.8 Å². The summed E-state index contributed by atoms with van der Waals surface area (Å²) in [7, 11) is 0. The Morgan fingerprint density at radius 3 is 2.71 bits per heavy atom. The van der Waals surface area contributed by atoms with E-state index in [2.05, 4.69) is 14.9 Å². The molecule has 0 radical (unpaired) electrons. The number of hydrogen-bond donors (Lipinski definition) is 0. The minimum Gasteiger partial charge on any atom is -0.376 e. The Bertz CT molecular complexity index is 1060. The summed E-state index contributed by atoms with van der Waals surface area (Å²) >= 11 is 0. The molecule has 0 aliphatic carbocycles. The van der Waals surface area contributed by atoms with Gasteiger partial charge in [-0.15, -0.1) is 0 Å². The van der Waals surface area contributed by atoms with E-state index in [1.165, 1.54) is 12.3 Å². The fourth-order valence-corrected chi connectivity index (χ4v) is 4.82. The number of amides is 1. The molecule has 0 saturated carbocycles. The maximum absolute atomic E-state index is 13.2. The SMILES string of the molecule is O=C(CCOCc1cccc2cnccc12)N1C[C@H]2CC[C@@H](C1)N2c1ccc(F)cn1. The van der Waals surface area contributed by atoms with Crippen LogP contribution in [0.5, 0.6) is 0 Å². The standard InChI is InChI=1S/C24H25FN4O2/c25-19-4-7-23(27-13-19)29-20-5-6-21(29)15-28(14-20)24(30)9-11-31-16-18-3-1-2-17-12-26-10-8-22(17)18/h1-4,7-8,10,12-13,20-21H,5-6,9,11,14-16H2/t20-,21+. The third-order valence-electron chi connectivity index (χ3n) is 6.30. The first-order valence-corrected chi connectivity index (χ1v) is 10.8. The van der Waals surface area contributed by atoms with Gasteiger partial charge in [-0.2, -0.15) is 0 Å². The van der Waals surface area contributed by atoms with Crippen molar-refractivity contribution in [1.82, 2.24) is 14.9 Å². The van der Waals surface area contributed by atoms with Crippen molar-refractivity contribution in [2.75, 3.05) is 24.6 Å². The molecule has 0 spiro atoms. The maximum atomic E-state index is 13.2. The average Bonchev–Trinajstić information content (AvgIpc) is 3.06. The Kier molecular flexibility index (Phi) is 5.51. The van der Waals surface area contributed by atoms with Crippen molar-refractivity contribution in [3.05, 3.63) is 66.4 Å². The van der Waals surface area contributed by atoms with E-state index in [4.69, 9.17) is 4.74 Å². The maximum Gasteiger partial charge on any atom is 0.225 e. The van der Waals surface area contributed by atoms with Crippen LogP contribution >= 0.6 is 0 Å². The summed E-state index contributed by atoms with van der Waals surface area (Å²) in [5, 5.41) is 2.22. The summed E-state index contributed by atoms with van der Waals surface area (Å²) in [4.78, 5) is 25.4. The fraction of sp³-hybridized carbons (Fsp3) is 0.375. The highest BCUT2D eigenvalue weighted by atomic mass is 19.1. The number of fused-ring (bicyclic) bond motifs is 3. The summed E-state index contributed by atoms with van der Waals surface area (Å²) in [6, 6.07) is 11.7. The van der Waals surface area contributed by atoms with Crippen molar-refractivity contribution < 1.29 is 13.9 Å². The molecule has 1 amide bonds. The van der Waals surface area contributed by atoms with Gasteiger partial charge in [0.2, 0.25) is 5.91 Å². The molecule has 160 valence electrons. The zero-order chi connectivity index (χ0) is 21.2. The van der Waals surface area contributed by atoms with Crippen LogP contribution in [0.4, 0.5) is 10.2 Å². The molecular formula is C24H25FN4O2. The Morgan fingerprint density at radius 2 is 1.94 bits per heavy atom. The van der Waals surface area contributed by atoms with Crippen molar-refractivity contribution in [3.8, 4) is 0 Å². The molecule has 2 saturated heterocycles. The number of benzene rings is 1. The van der Waals surface area contributed by atoms with Crippen molar-refractivity contribution in [1.29, 1.82) is 0 Å². The molecule has 3 aromatic rings. The van der Waals surface area contributed by atoms with E-state index in [1.807, 2.05) is 35.4 Å². The Hall–Kier alpha value is -3.06. The van der Waals surface area contributed by atoms with Crippen LogP contribution in [0.15, 0.2) is 55.0 Å². The molecule has 4 heterocycles. The van der Waals surface area contributed by atoms with Crippen molar-refractivity contribution in [2.24, 2.45) is 0 Å². The van der Waals surface area contributed by atoms with Crippen LogP contribution in [-0.4, -0.2) is 52.6 Å². The zero-order valence-corrected chi connectivity index (χ0v) is 17.3. The first-order valence-electron chi connectivity index (χ1n) is 10.8. The molecular weight excluding hydrogens is 395 g/mol. The summed E-state index contributed by atoms with van der Waals surface area (Å²) in [5.41, 5.74) is 1.10. The van der Waals surface area contributed by atoms with Gasteiger partial charge in [0, 0.05) is 43.0 Å². The number of halogens is 1. The number of hydrogen-bond acceptors (Lipinski definition) is 5. The first-order chi connectivity index (χ1) is 15.2. The van der Waals surface area contributed by atoms with Gasteiger partial charge in [-0.05, 0) is 42.0 Å². The van der Waals surface area contributed by atoms with Crippen LogP contribution in [-0.2, 0) is 16.1 Å². The number of carbonyl (C=O) groups is 1. The Balaban J connectivity index is 1.14. The van der Waals surface area contributed by atoms with Gasteiger partial charge >= 0.3 is 0 Å². The molecule has 2 aliphatic heterocycles. The summed E-state index contributed by atoms with van der Waals surface area (Å²) in [6.07, 6.45) is 7.32. The summed E-state index contributed by atoms with van der Waals surface area (Å²) in [5.74, 6) is 0.602. The molecule has 7 heteroatoms. The second-order valence-corrected chi connectivity index (χ2v) is 8.24. The number of nitrogens with zero attached hydrogens (tertiary/aromatic N) is 4. The van der Waals surface area contributed by atoms with Crippen LogP contribution in [0, 0.1) is 5.82 Å². The molecule has 2 bridgehead atoms. The second-order valence-electron chi connectivity index (χ2n) is 8.24. The van der Waals surface area contributed by atoms with E-state index in [9.17, 15) is 9.18 Å². The molecule has 5 rings (SSSR count). The smallest absolute Gasteiger partial charge is 0.225 e. The van der Waals surface area contributed by atoms with Crippen LogP contribution in [0.25, 0.3) is 10.8 Å². The minimum absolute atomic E-state index is 0.130. The van der Waals surface area contributed by atoms with Crippen molar-refractivity contribution in [2.45, 2.75) is 38.0 Å². The van der Waals surface area contributed by atoms with E-state index < -0.39 is 0 Å². The van der Waals surface area contributed by atoms with Crippen LogP contribution in [0.1, 0.15) is 24.8 Å². The molecule has 2 aliphatic rings. The van der Waals surface area contributed by atoms with Crippen LogP contribution in [0.2, 0.25) is 0 Å². The third-order valence-corrected chi connectivity index (χ3v) is 6.30. The van der Waals surface area contributed by atoms with Crippen LogP contribution < -0.4 is 4.90 Å². The van der Waals surface area contributed by atoms with Crippen molar-refractivity contribution >= 4 is 22.5 Å². The van der Waals surface area contributed by atoms with Gasteiger partial charge < -0.3 is 14.5 Å². The number of pyridine rings is 2. The fourth-order valence-electron chi connectivity index (χ4n) is 4.82. The molecule has 31 heavy (non-hydrogen) atoms. The Labute approximate surface area is 180 Å². The quantitative estimate of drug-likeness (QED) is 0.571. The lowest BCUT2D eigenvalue weighted by Crippen LogP contribution is -2.55. The monoisotopic (exact) mass is 420 g/mol. The number of carbonyl (C=O) groups excluding carboxylic acids is 1. The highest BCUT2D eigenvalue weighted by Gasteiger charge is 2.41. The van der Waals surface area contributed by atoms with Gasteiger partial charge in [0.25, 0.3) is 0 Å². The third kappa shape index (κ3) is 4.10. The summed E-state index contributed by atoms with van der Waals surface area (Å²) < 4.78 is 19.1. The highest BCUT2D eigenvalue weighted by Crippen LogP contribution is 2.34. The van der Waals surface area contributed by atoms with Gasteiger partial charge in [0.15, 0.2) is 0 Å². The molecule has 6 nitrogen and oxygen atoms in total. The molecule has 0 N–H and O–H groups in total. The number of anilines is 1. The predicted octanol–water partition coefficient (Wildman–Crippen LogP) is 3.56. The van der Waals surface area contributed by atoms with E-state index in [0.717, 1.165) is 35.0 Å². The molecule has 0 unspecified atom stereocenters. The largest absolute Gasteiger partial charge is 0.376 e. The van der Waals surface area contributed by atoms with Gasteiger partial charge in [0.05, 0.1) is 25.8 Å². The number of rotatable bonds is 6. The van der Waals surface area contributed by atoms with E-state index in [0.29, 0.717) is 32.7 Å². The topological polar surface area (TPSA) is 58.6 Å². The lowest BCUT2D eigenvalue weighted by molar-refractivity contribution is -0.133. The number of piperazine rings is 1. The summed E-state index contributed by atoms with van der Waals surface area (Å²) in [6.45, 7) is 2.24. The number of likely N-dealkylation sites (tertiary alicyclic amines) is 1. The molecule has 2 aromatic heterocycles. The Morgan fingerprint density at radius 1 is 1.10 bits per heavy atom. The average molecular weight is 420 g/mol. The first kappa shape index (κ1) is 19.9. The van der Waals surface area contributed by atoms with Gasteiger partial charge in [-0.3, -0.25) is 9.78 Å². The zero-order valence-electron chi connectivity index (χ0n) is 17.3. The van der Waals surface area contributed by atoms with E-state index >= 15 is 0 Å².